The smallest absolute Gasteiger partial charge is 0.220 e. The lowest BCUT2D eigenvalue weighted by Crippen LogP contribution is -2.32. The summed E-state index contributed by atoms with van der Waals surface area (Å²) in [6.45, 7) is 2.12. The number of para-hydroxylation sites is 1. The fourth-order valence-corrected chi connectivity index (χ4v) is 4.24. The summed E-state index contributed by atoms with van der Waals surface area (Å²) in [4.78, 5) is 14.9. The number of carbonyl (C=O) groups is 1. The Morgan fingerprint density at radius 2 is 1.67 bits per heavy atom. The van der Waals surface area contributed by atoms with Gasteiger partial charge in [0.15, 0.2) is 0 Å². The molecule has 0 bridgehead atoms. The molecule has 0 saturated heterocycles. The maximum absolute atomic E-state index is 13.7. The highest BCUT2D eigenvalue weighted by Crippen LogP contribution is 2.35. The molecule has 0 saturated carbocycles. The number of hydrogen-bond acceptors (Lipinski definition) is 2. The van der Waals surface area contributed by atoms with Gasteiger partial charge in [0, 0.05) is 49.1 Å². The van der Waals surface area contributed by atoms with E-state index in [1.165, 1.54) is 17.7 Å². The van der Waals surface area contributed by atoms with E-state index < -0.39 is 0 Å². The first kappa shape index (κ1) is 22.7. The van der Waals surface area contributed by atoms with Crippen molar-refractivity contribution in [3.05, 3.63) is 108 Å². The lowest BCUT2D eigenvalue weighted by atomic mass is 9.88. The van der Waals surface area contributed by atoms with Crippen molar-refractivity contribution in [3.63, 3.8) is 0 Å². The van der Waals surface area contributed by atoms with Gasteiger partial charge in [0.1, 0.15) is 5.82 Å². The van der Waals surface area contributed by atoms with Crippen LogP contribution < -0.4 is 5.32 Å². The Bertz CT molecular complexity index is 1200. The first-order chi connectivity index (χ1) is 16.0. The number of halogens is 1. The number of fused-ring (bicyclic) bond motifs is 1. The number of benzene rings is 3. The fraction of sp³-hybridized carbons (Fsp3) is 0.250. The summed E-state index contributed by atoms with van der Waals surface area (Å²) >= 11 is 0. The van der Waals surface area contributed by atoms with Gasteiger partial charge in [0.2, 0.25) is 5.91 Å². The Morgan fingerprint density at radius 1 is 0.970 bits per heavy atom. The summed E-state index contributed by atoms with van der Waals surface area (Å²) in [5.41, 5.74) is 4.35. The van der Waals surface area contributed by atoms with Crippen LogP contribution >= 0.6 is 0 Å². The number of nitrogens with zero attached hydrogens (tertiary/aromatic N) is 2. The molecule has 4 aromatic rings. The van der Waals surface area contributed by atoms with E-state index in [2.05, 4.69) is 40.3 Å². The SMILES string of the molecule is CN(C)CCNC(=O)C[C@H](c1ccc(F)cc1)c1cn(Cc2ccccc2)c2ccccc12. The Labute approximate surface area is 194 Å². The second kappa shape index (κ2) is 10.5. The molecule has 0 spiro atoms. The predicted molar refractivity (Wildman–Crippen MR) is 132 cm³/mol. The standard InChI is InChI=1S/C28H30FN3O/c1-31(2)17-16-30-28(33)18-25(22-12-14-23(29)15-13-22)26-20-32(19-21-8-4-3-5-9-21)27-11-7-6-10-24(26)27/h3-15,20,25H,16-19H2,1-2H3,(H,30,33)/t25-/m1/s1. The number of nitrogens with one attached hydrogen (secondary N) is 1. The summed E-state index contributed by atoms with van der Waals surface area (Å²) in [6.07, 6.45) is 2.46. The molecule has 3 aromatic carbocycles. The van der Waals surface area contributed by atoms with Crippen LogP contribution in [0.25, 0.3) is 10.9 Å². The molecule has 1 N–H and O–H groups in total. The van der Waals surface area contributed by atoms with Crippen molar-refractivity contribution in [2.75, 3.05) is 27.2 Å². The highest BCUT2D eigenvalue weighted by atomic mass is 19.1. The van der Waals surface area contributed by atoms with Gasteiger partial charge in [0.05, 0.1) is 0 Å². The molecular weight excluding hydrogens is 413 g/mol. The van der Waals surface area contributed by atoms with Gasteiger partial charge in [-0.1, -0.05) is 60.7 Å². The van der Waals surface area contributed by atoms with Crippen molar-refractivity contribution in [1.82, 2.24) is 14.8 Å². The third-order valence-electron chi connectivity index (χ3n) is 5.93. The summed E-state index contributed by atoms with van der Waals surface area (Å²) in [5.74, 6) is -0.461. The maximum atomic E-state index is 13.7. The summed E-state index contributed by atoms with van der Waals surface area (Å²) in [6, 6.07) is 25.1. The molecule has 0 unspecified atom stereocenters. The summed E-state index contributed by atoms with van der Waals surface area (Å²) < 4.78 is 15.9. The normalized spacial score (nSPS) is 12.2. The van der Waals surface area contributed by atoms with Gasteiger partial charge in [-0.2, -0.15) is 0 Å². The van der Waals surface area contributed by atoms with E-state index in [9.17, 15) is 9.18 Å². The molecule has 0 aliphatic rings. The van der Waals surface area contributed by atoms with Crippen LogP contribution in [0, 0.1) is 5.82 Å². The van der Waals surface area contributed by atoms with Crippen molar-refractivity contribution in [1.29, 1.82) is 0 Å². The average molecular weight is 444 g/mol. The quantitative estimate of drug-likeness (QED) is 0.394. The van der Waals surface area contributed by atoms with Gasteiger partial charge in [-0.05, 0) is 49.0 Å². The first-order valence-electron chi connectivity index (χ1n) is 11.3. The molecule has 170 valence electrons. The topological polar surface area (TPSA) is 37.3 Å². The Kier molecular flexibility index (Phi) is 7.20. The summed E-state index contributed by atoms with van der Waals surface area (Å²) in [7, 11) is 3.96. The van der Waals surface area contributed by atoms with Crippen LogP contribution in [0.3, 0.4) is 0 Å². The van der Waals surface area contributed by atoms with Crippen LogP contribution in [0.15, 0.2) is 85.1 Å². The average Bonchev–Trinajstić information content (AvgIpc) is 3.17. The van der Waals surface area contributed by atoms with Crippen LogP contribution in [0.1, 0.15) is 29.0 Å². The first-order valence-corrected chi connectivity index (χ1v) is 11.3. The van der Waals surface area contributed by atoms with Crippen molar-refractivity contribution in [2.45, 2.75) is 18.9 Å². The van der Waals surface area contributed by atoms with E-state index in [0.717, 1.165) is 35.1 Å². The minimum Gasteiger partial charge on any atom is -0.355 e. The van der Waals surface area contributed by atoms with E-state index in [-0.39, 0.29) is 17.6 Å². The number of rotatable bonds is 9. The fourth-order valence-electron chi connectivity index (χ4n) is 4.24. The Balaban J connectivity index is 1.70. The number of amides is 1. The number of likely N-dealkylation sites (N-methyl/N-ethyl adjacent to an activating group) is 1. The maximum Gasteiger partial charge on any atom is 0.220 e. The molecule has 1 heterocycles. The minimum atomic E-state index is -0.278. The molecule has 1 amide bonds. The third kappa shape index (κ3) is 5.68. The van der Waals surface area contributed by atoms with Crippen molar-refractivity contribution >= 4 is 16.8 Å². The van der Waals surface area contributed by atoms with Gasteiger partial charge >= 0.3 is 0 Å². The second-order valence-corrected chi connectivity index (χ2v) is 8.68. The molecule has 0 radical (unpaired) electrons. The van der Waals surface area contributed by atoms with E-state index in [1.807, 2.05) is 49.3 Å². The van der Waals surface area contributed by atoms with Crippen molar-refractivity contribution in [3.8, 4) is 0 Å². The monoisotopic (exact) mass is 443 g/mol. The van der Waals surface area contributed by atoms with Crippen molar-refractivity contribution < 1.29 is 9.18 Å². The zero-order valence-corrected chi connectivity index (χ0v) is 19.2. The van der Waals surface area contributed by atoms with E-state index >= 15 is 0 Å². The second-order valence-electron chi connectivity index (χ2n) is 8.68. The lowest BCUT2D eigenvalue weighted by Gasteiger charge is -2.18. The van der Waals surface area contributed by atoms with Crippen LogP contribution in [-0.4, -0.2) is 42.6 Å². The molecule has 4 nitrogen and oxygen atoms in total. The van der Waals surface area contributed by atoms with Crippen LogP contribution in [0.5, 0.6) is 0 Å². The molecule has 33 heavy (non-hydrogen) atoms. The predicted octanol–water partition coefficient (Wildman–Crippen LogP) is 5.03. The van der Waals surface area contributed by atoms with E-state index in [1.54, 1.807) is 12.1 Å². The number of carbonyl (C=O) groups excluding carboxylic acids is 1. The molecule has 1 aromatic heterocycles. The summed E-state index contributed by atoms with van der Waals surface area (Å²) in [5, 5.41) is 4.14. The van der Waals surface area contributed by atoms with E-state index in [0.29, 0.717) is 13.0 Å². The highest BCUT2D eigenvalue weighted by molar-refractivity contribution is 5.86. The zero-order chi connectivity index (χ0) is 23.2. The molecule has 0 aliphatic heterocycles. The van der Waals surface area contributed by atoms with Crippen LogP contribution in [0.4, 0.5) is 4.39 Å². The van der Waals surface area contributed by atoms with Gasteiger partial charge < -0.3 is 14.8 Å². The third-order valence-corrected chi connectivity index (χ3v) is 5.93. The van der Waals surface area contributed by atoms with Gasteiger partial charge in [-0.15, -0.1) is 0 Å². The largest absolute Gasteiger partial charge is 0.355 e. The lowest BCUT2D eigenvalue weighted by molar-refractivity contribution is -0.121. The van der Waals surface area contributed by atoms with Gasteiger partial charge in [0.25, 0.3) is 0 Å². The highest BCUT2D eigenvalue weighted by Gasteiger charge is 2.23. The molecule has 0 aliphatic carbocycles. The zero-order valence-electron chi connectivity index (χ0n) is 19.2. The molecule has 1 atom stereocenters. The van der Waals surface area contributed by atoms with Gasteiger partial charge in [-0.25, -0.2) is 4.39 Å². The molecule has 5 heteroatoms. The van der Waals surface area contributed by atoms with E-state index in [4.69, 9.17) is 0 Å². The molecular formula is C28H30FN3O. The minimum absolute atomic E-state index is 0.00827. The molecule has 4 rings (SSSR count). The van der Waals surface area contributed by atoms with Gasteiger partial charge in [-0.3, -0.25) is 4.79 Å². The Morgan fingerprint density at radius 3 is 2.39 bits per heavy atom. The number of aromatic nitrogens is 1. The Hall–Kier alpha value is -3.44. The van der Waals surface area contributed by atoms with Crippen LogP contribution in [0.2, 0.25) is 0 Å². The number of hydrogen-bond donors (Lipinski definition) is 1. The molecule has 0 fully saturated rings. The van der Waals surface area contributed by atoms with Crippen LogP contribution in [-0.2, 0) is 11.3 Å². The van der Waals surface area contributed by atoms with Crippen molar-refractivity contribution in [2.24, 2.45) is 0 Å².